The van der Waals surface area contributed by atoms with Crippen LogP contribution in [0.1, 0.15) is 37.8 Å². The van der Waals surface area contributed by atoms with Crippen molar-refractivity contribution in [3.63, 3.8) is 0 Å². The Morgan fingerprint density at radius 3 is 2.44 bits per heavy atom. The maximum Gasteiger partial charge on any atom is 0.416 e. The number of hydrogen-bond acceptors (Lipinski definition) is 4. The van der Waals surface area contributed by atoms with Crippen LogP contribution in [0.4, 0.5) is 13.2 Å². The van der Waals surface area contributed by atoms with Crippen LogP contribution in [0.3, 0.4) is 0 Å². The fourth-order valence-electron chi connectivity index (χ4n) is 3.01. The van der Waals surface area contributed by atoms with E-state index in [0.717, 1.165) is 6.07 Å². The first kappa shape index (κ1) is 23.5. The molecule has 1 aliphatic rings. The highest BCUT2D eigenvalue weighted by Crippen LogP contribution is 2.35. The van der Waals surface area contributed by atoms with Crippen molar-refractivity contribution in [2.75, 3.05) is 20.2 Å². The Balaban J connectivity index is 0.00000364. The number of halogens is 4. The van der Waals surface area contributed by atoms with Crippen LogP contribution in [0.5, 0.6) is 5.75 Å². The maximum atomic E-state index is 13.4. The van der Waals surface area contributed by atoms with Gasteiger partial charge in [-0.2, -0.15) is 13.2 Å². The van der Waals surface area contributed by atoms with E-state index in [1.807, 2.05) is 0 Å². The molecule has 1 amide bonds. The Bertz CT molecular complexity index is 633. The molecule has 154 valence electrons. The van der Waals surface area contributed by atoms with Crippen LogP contribution in [0.25, 0.3) is 0 Å². The van der Waals surface area contributed by atoms with Crippen LogP contribution in [-0.2, 0) is 22.3 Å². The van der Waals surface area contributed by atoms with E-state index in [1.54, 1.807) is 13.8 Å². The number of nitrogens with one attached hydrogen (secondary N) is 2. The molecule has 27 heavy (non-hydrogen) atoms. The van der Waals surface area contributed by atoms with Crippen molar-refractivity contribution in [1.29, 1.82) is 0 Å². The van der Waals surface area contributed by atoms with E-state index in [-0.39, 0.29) is 36.4 Å². The van der Waals surface area contributed by atoms with Crippen LogP contribution >= 0.6 is 12.4 Å². The first-order valence-electron chi connectivity index (χ1n) is 8.59. The van der Waals surface area contributed by atoms with Gasteiger partial charge < -0.3 is 20.1 Å². The van der Waals surface area contributed by atoms with Gasteiger partial charge in [0, 0.05) is 13.7 Å². The van der Waals surface area contributed by atoms with E-state index in [1.165, 1.54) is 19.2 Å². The van der Waals surface area contributed by atoms with E-state index in [4.69, 9.17) is 9.47 Å². The minimum absolute atomic E-state index is 0. The molecular weight excluding hydrogens is 385 g/mol. The Kier molecular flexibility index (Phi) is 8.38. The van der Waals surface area contributed by atoms with Gasteiger partial charge in [0.25, 0.3) is 5.91 Å². The number of amides is 1. The Morgan fingerprint density at radius 2 is 1.93 bits per heavy atom. The van der Waals surface area contributed by atoms with E-state index in [0.29, 0.717) is 25.9 Å². The number of methoxy groups -OCH3 is 1. The summed E-state index contributed by atoms with van der Waals surface area (Å²) >= 11 is 0. The van der Waals surface area contributed by atoms with Crippen molar-refractivity contribution >= 4 is 18.3 Å². The van der Waals surface area contributed by atoms with Gasteiger partial charge in [-0.15, -0.1) is 12.4 Å². The average molecular weight is 411 g/mol. The zero-order chi connectivity index (χ0) is 19.4. The highest BCUT2D eigenvalue weighted by atomic mass is 35.5. The molecule has 0 atom stereocenters. The molecule has 1 saturated heterocycles. The summed E-state index contributed by atoms with van der Waals surface area (Å²) in [6.07, 6.45) is -3.82. The SMILES string of the molecule is COC1(C(=O)NCc2ccc(OC(C)C)cc2C(F)(F)F)CCNCC1.Cl. The van der Waals surface area contributed by atoms with E-state index in [9.17, 15) is 18.0 Å². The lowest BCUT2D eigenvalue weighted by molar-refractivity contribution is -0.147. The van der Waals surface area contributed by atoms with E-state index < -0.39 is 23.2 Å². The second kappa shape index (κ2) is 9.61. The predicted octanol–water partition coefficient (Wildman–Crippen LogP) is 3.30. The molecule has 0 spiro atoms. The predicted molar refractivity (Wildman–Crippen MR) is 98.1 cm³/mol. The number of carbonyl (C=O) groups is 1. The molecule has 0 unspecified atom stereocenters. The third-order valence-corrected chi connectivity index (χ3v) is 4.41. The van der Waals surface area contributed by atoms with Crippen molar-refractivity contribution in [2.24, 2.45) is 0 Å². The van der Waals surface area contributed by atoms with Crippen LogP contribution in [0.15, 0.2) is 18.2 Å². The number of alkyl halides is 3. The smallest absolute Gasteiger partial charge is 0.416 e. The minimum atomic E-state index is -4.54. The maximum absolute atomic E-state index is 13.4. The molecule has 0 aliphatic carbocycles. The van der Waals surface area contributed by atoms with Crippen molar-refractivity contribution in [3.8, 4) is 5.75 Å². The highest BCUT2D eigenvalue weighted by molar-refractivity contribution is 5.85. The Labute approximate surface area is 163 Å². The third-order valence-electron chi connectivity index (χ3n) is 4.41. The first-order chi connectivity index (χ1) is 12.2. The normalized spacial score (nSPS) is 16.6. The summed E-state index contributed by atoms with van der Waals surface area (Å²) in [5.41, 5.74) is -1.82. The van der Waals surface area contributed by atoms with Gasteiger partial charge in [-0.05, 0) is 57.5 Å². The summed E-state index contributed by atoms with van der Waals surface area (Å²) in [4.78, 5) is 12.5. The summed E-state index contributed by atoms with van der Waals surface area (Å²) in [5.74, 6) is -0.244. The molecule has 0 saturated carbocycles. The van der Waals surface area contributed by atoms with Crippen LogP contribution in [0.2, 0.25) is 0 Å². The summed E-state index contributed by atoms with van der Waals surface area (Å²) in [5, 5.41) is 5.73. The molecule has 1 aromatic rings. The summed E-state index contributed by atoms with van der Waals surface area (Å²) < 4.78 is 50.9. The fraction of sp³-hybridized carbons (Fsp3) is 0.611. The van der Waals surface area contributed by atoms with Crippen molar-refractivity contribution in [1.82, 2.24) is 10.6 Å². The number of hydrogen-bond donors (Lipinski definition) is 2. The largest absolute Gasteiger partial charge is 0.491 e. The second-order valence-electron chi connectivity index (χ2n) is 6.61. The lowest BCUT2D eigenvalue weighted by Crippen LogP contribution is -2.54. The lowest BCUT2D eigenvalue weighted by atomic mass is 9.91. The van der Waals surface area contributed by atoms with Crippen LogP contribution in [0, 0.1) is 0 Å². The van der Waals surface area contributed by atoms with Gasteiger partial charge in [0.15, 0.2) is 0 Å². The molecule has 2 N–H and O–H groups in total. The van der Waals surface area contributed by atoms with Crippen molar-refractivity contribution in [2.45, 2.75) is 51.1 Å². The van der Waals surface area contributed by atoms with Gasteiger partial charge in [-0.3, -0.25) is 4.79 Å². The molecule has 1 heterocycles. The van der Waals surface area contributed by atoms with Gasteiger partial charge in [-0.25, -0.2) is 0 Å². The second-order valence-corrected chi connectivity index (χ2v) is 6.61. The van der Waals surface area contributed by atoms with Crippen LogP contribution < -0.4 is 15.4 Å². The number of rotatable bonds is 6. The summed E-state index contributed by atoms with van der Waals surface area (Å²) in [6, 6.07) is 3.79. The average Bonchev–Trinajstić information content (AvgIpc) is 2.59. The third kappa shape index (κ3) is 5.99. The van der Waals surface area contributed by atoms with Crippen molar-refractivity contribution < 1.29 is 27.4 Å². The number of piperidine rings is 1. The molecule has 2 rings (SSSR count). The molecular formula is C18H26ClF3N2O3. The Hall–Kier alpha value is -1.51. The molecule has 0 radical (unpaired) electrons. The van der Waals surface area contributed by atoms with Gasteiger partial charge >= 0.3 is 6.18 Å². The number of carbonyl (C=O) groups excluding carboxylic acids is 1. The molecule has 0 aromatic heterocycles. The lowest BCUT2D eigenvalue weighted by Gasteiger charge is -2.34. The van der Waals surface area contributed by atoms with Gasteiger partial charge in [-0.1, -0.05) is 6.07 Å². The van der Waals surface area contributed by atoms with E-state index >= 15 is 0 Å². The molecule has 9 heteroatoms. The molecule has 1 fully saturated rings. The van der Waals surface area contributed by atoms with Crippen LogP contribution in [-0.4, -0.2) is 37.8 Å². The molecule has 1 aromatic carbocycles. The van der Waals surface area contributed by atoms with Gasteiger partial charge in [0.1, 0.15) is 11.4 Å². The summed E-state index contributed by atoms with van der Waals surface area (Å²) in [7, 11) is 1.45. The summed E-state index contributed by atoms with van der Waals surface area (Å²) in [6.45, 7) is 4.50. The monoisotopic (exact) mass is 410 g/mol. The minimum Gasteiger partial charge on any atom is -0.491 e. The quantitative estimate of drug-likeness (QED) is 0.755. The zero-order valence-corrected chi connectivity index (χ0v) is 16.4. The number of benzene rings is 1. The zero-order valence-electron chi connectivity index (χ0n) is 15.6. The van der Waals surface area contributed by atoms with Gasteiger partial charge in [0.2, 0.25) is 0 Å². The van der Waals surface area contributed by atoms with Gasteiger partial charge in [0.05, 0.1) is 11.7 Å². The molecule has 5 nitrogen and oxygen atoms in total. The molecule has 1 aliphatic heterocycles. The molecule has 0 bridgehead atoms. The first-order valence-corrected chi connectivity index (χ1v) is 8.59. The Morgan fingerprint density at radius 1 is 1.30 bits per heavy atom. The standard InChI is InChI=1S/C18H25F3N2O3.ClH/c1-12(2)26-14-5-4-13(15(10-14)18(19,20)21)11-23-16(24)17(25-3)6-8-22-9-7-17;/h4-5,10,12,22H,6-9,11H2,1-3H3,(H,23,24);1H. The number of ether oxygens (including phenoxy) is 2. The highest BCUT2D eigenvalue weighted by Gasteiger charge is 2.40. The topological polar surface area (TPSA) is 59.6 Å². The fourth-order valence-corrected chi connectivity index (χ4v) is 3.01. The van der Waals surface area contributed by atoms with Crippen molar-refractivity contribution in [3.05, 3.63) is 29.3 Å². The van der Waals surface area contributed by atoms with E-state index in [2.05, 4.69) is 10.6 Å².